The van der Waals surface area contributed by atoms with Gasteiger partial charge in [-0.2, -0.15) is 0 Å². The van der Waals surface area contributed by atoms with Crippen LogP contribution in [-0.2, 0) is 38.0 Å². The van der Waals surface area contributed by atoms with Gasteiger partial charge in [0.05, 0.1) is 31.0 Å². The van der Waals surface area contributed by atoms with Gasteiger partial charge in [-0.25, -0.2) is 0 Å². The molecule has 0 amide bonds. The lowest BCUT2D eigenvalue weighted by Crippen LogP contribution is -2.79. The zero-order valence-corrected chi connectivity index (χ0v) is 37.7. The fourth-order valence-electron chi connectivity index (χ4n) is 14.6. The highest BCUT2D eigenvalue weighted by atomic mass is 16.6. The molecule has 7 bridgehead atoms. The first kappa shape index (κ1) is 46.2. The Morgan fingerprint density at radius 1 is 0.690 bits per heavy atom. The maximum atomic E-state index is 14.4. The normalized spacial score (nSPS) is 39.6. The molecule has 5 saturated carbocycles. The molecular formula is C48H83NO9. The molecule has 10 nitrogen and oxygen atoms in total. The summed E-state index contributed by atoms with van der Waals surface area (Å²) in [6.45, 7) is 8.41. The minimum absolute atomic E-state index is 0.00495. The van der Waals surface area contributed by atoms with Crippen LogP contribution >= 0.6 is 0 Å². The molecule has 5 aliphatic carbocycles. The van der Waals surface area contributed by atoms with Crippen LogP contribution in [-0.4, -0.2) is 112 Å². The summed E-state index contributed by atoms with van der Waals surface area (Å²) in [4.78, 5) is 30.6. The predicted octanol–water partition coefficient (Wildman–Crippen LogP) is 8.68. The van der Waals surface area contributed by atoms with Crippen LogP contribution in [0.3, 0.4) is 0 Å². The number of aliphatic hydroxyl groups is 1. The van der Waals surface area contributed by atoms with Crippen LogP contribution in [0.2, 0.25) is 0 Å². The summed E-state index contributed by atoms with van der Waals surface area (Å²) in [6.07, 6.45) is 21.4. The first-order chi connectivity index (χ1) is 28.2. The zero-order valence-electron chi connectivity index (χ0n) is 37.7. The largest absolute Gasteiger partial charge is 0.461 e. The number of ether oxygens (including phenoxy) is 6. The third-order valence-electron chi connectivity index (χ3n) is 16.7. The average molecular weight is 818 g/mol. The lowest BCUT2D eigenvalue weighted by atomic mass is 9.42. The van der Waals surface area contributed by atoms with Gasteiger partial charge in [0.1, 0.15) is 11.7 Å². The summed E-state index contributed by atoms with van der Waals surface area (Å²) in [5, 5.41) is 12.2. The number of aliphatic hydroxyl groups excluding tert-OH is 1. The lowest BCUT2D eigenvalue weighted by molar-refractivity contribution is -0.298. The standard InChI is InChI=1S/C48H83NO9/c1-8-11-13-14-15-16-17-18-19-20-21-22-23-24-25-27-39(52)58-47-30-35(54-5)33-28-34(40(47)42(33)57-38(51)26-12-9-2)48-37(55-6)29-36(50)46(32-53-4)31-49(10-3)45(48)41(47)43(56-7)44(46)48/h33-37,40-45,50H,8-32H2,1-7H3/t33?,34?,35-,36+,37-,40?,41?,42?,43?,44?,45?,46-,47+,48-/m0/s1. The second kappa shape index (κ2) is 20.7. The van der Waals surface area contributed by atoms with Crippen LogP contribution in [0.25, 0.3) is 0 Å². The van der Waals surface area contributed by atoms with Crippen molar-refractivity contribution in [2.75, 3.05) is 48.1 Å². The maximum absolute atomic E-state index is 14.4. The molecule has 8 unspecified atom stereocenters. The van der Waals surface area contributed by atoms with E-state index in [4.69, 9.17) is 28.4 Å². The Hall–Kier alpha value is -1.30. The van der Waals surface area contributed by atoms with Gasteiger partial charge in [0, 0.05) is 101 Å². The number of rotatable bonds is 27. The van der Waals surface area contributed by atoms with Crippen LogP contribution in [0, 0.1) is 40.4 Å². The van der Waals surface area contributed by atoms with Gasteiger partial charge in [-0.1, -0.05) is 117 Å². The first-order valence-corrected chi connectivity index (χ1v) is 24.1. The van der Waals surface area contributed by atoms with Crippen LogP contribution in [0.4, 0.5) is 0 Å². The number of unbranched alkanes of at least 4 members (excludes halogenated alkanes) is 15. The Morgan fingerprint density at radius 3 is 1.84 bits per heavy atom. The molecule has 6 aliphatic rings. The van der Waals surface area contributed by atoms with Crippen molar-refractivity contribution in [3.05, 3.63) is 0 Å². The highest BCUT2D eigenvalue weighted by Gasteiger charge is 2.89. The molecule has 1 saturated heterocycles. The molecule has 1 spiro atoms. The van der Waals surface area contributed by atoms with Crippen molar-refractivity contribution in [3.63, 3.8) is 0 Å². The molecule has 6 fully saturated rings. The van der Waals surface area contributed by atoms with Crippen molar-refractivity contribution >= 4 is 11.9 Å². The number of methoxy groups -OCH3 is 4. The maximum Gasteiger partial charge on any atom is 0.306 e. The van der Waals surface area contributed by atoms with E-state index in [1.54, 1.807) is 28.4 Å². The van der Waals surface area contributed by atoms with Gasteiger partial charge in [0.15, 0.2) is 0 Å². The van der Waals surface area contributed by atoms with Crippen molar-refractivity contribution in [2.24, 2.45) is 40.4 Å². The van der Waals surface area contributed by atoms with Crippen molar-refractivity contribution in [2.45, 2.75) is 204 Å². The van der Waals surface area contributed by atoms with Crippen LogP contribution < -0.4 is 0 Å². The molecule has 0 aromatic carbocycles. The Bertz CT molecular complexity index is 1320. The van der Waals surface area contributed by atoms with Gasteiger partial charge in [0.25, 0.3) is 0 Å². The molecule has 1 N–H and O–H groups in total. The van der Waals surface area contributed by atoms with Gasteiger partial charge in [-0.15, -0.1) is 0 Å². The topological polar surface area (TPSA) is 113 Å². The number of esters is 2. The van der Waals surface area contributed by atoms with Gasteiger partial charge in [-0.05, 0) is 31.7 Å². The molecule has 1 aliphatic heterocycles. The average Bonchev–Trinajstić information content (AvgIpc) is 3.64. The number of nitrogens with zero attached hydrogens (tertiary/aromatic N) is 1. The van der Waals surface area contributed by atoms with Crippen LogP contribution in [0.5, 0.6) is 0 Å². The second-order valence-corrected chi connectivity index (χ2v) is 19.6. The number of likely N-dealkylation sites (tertiary alicyclic amines) is 1. The molecule has 10 heteroatoms. The van der Waals surface area contributed by atoms with E-state index in [1.165, 1.54) is 77.0 Å². The number of carbonyl (C=O) groups excluding carboxylic acids is 2. The Morgan fingerprint density at radius 2 is 1.29 bits per heavy atom. The number of hydrogen-bond donors (Lipinski definition) is 1. The fourth-order valence-corrected chi connectivity index (χ4v) is 14.6. The van der Waals surface area contributed by atoms with Gasteiger partial charge in [-0.3, -0.25) is 14.5 Å². The molecule has 1 heterocycles. The summed E-state index contributed by atoms with van der Waals surface area (Å²) in [7, 11) is 7.07. The van der Waals surface area contributed by atoms with E-state index < -0.39 is 28.6 Å². The Labute approximate surface area is 351 Å². The molecule has 0 aromatic rings. The van der Waals surface area contributed by atoms with Crippen LogP contribution in [0.15, 0.2) is 0 Å². The van der Waals surface area contributed by atoms with Gasteiger partial charge >= 0.3 is 11.9 Å². The van der Waals surface area contributed by atoms with Crippen LogP contribution in [0.1, 0.15) is 162 Å². The molecule has 58 heavy (non-hydrogen) atoms. The SMILES string of the molecule is CCCCCCCCCCCCCCCCCC(=O)O[C@]12C[C@H](OC)C3CC(C1C3OC(=O)CCCC)[C@@]13C4C2C(OC)C1[C@](COC)(CN4CC)[C@H](O)C[C@@H]3OC. The summed E-state index contributed by atoms with van der Waals surface area (Å²) in [5.74, 6) is -0.948. The lowest BCUT2D eigenvalue weighted by Gasteiger charge is -2.70. The quantitative estimate of drug-likeness (QED) is 0.0639. The number of fused-ring (bicyclic) bond motifs is 2. The Balaban J connectivity index is 1.22. The Kier molecular flexibility index (Phi) is 16.5. The molecule has 0 aromatic heterocycles. The van der Waals surface area contributed by atoms with E-state index in [1.807, 2.05) is 0 Å². The number of piperidine rings is 1. The molecule has 0 radical (unpaired) electrons. The van der Waals surface area contributed by atoms with Crippen molar-refractivity contribution in [3.8, 4) is 0 Å². The van der Waals surface area contributed by atoms with E-state index in [9.17, 15) is 14.7 Å². The molecule has 334 valence electrons. The smallest absolute Gasteiger partial charge is 0.306 e. The fraction of sp³-hybridized carbons (Fsp3) is 0.958. The second-order valence-electron chi connectivity index (χ2n) is 19.6. The molecular weight excluding hydrogens is 735 g/mol. The monoisotopic (exact) mass is 818 g/mol. The third kappa shape index (κ3) is 8.20. The minimum Gasteiger partial charge on any atom is -0.461 e. The van der Waals surface area contributed by atoms with E-state index in [0.717, 1.165) is 45.1 Å². The summed E-state index contributed by atoms with van der Waals surface area (Å²) in [6, 6.07) is -0.0134. The minimum atomic E-state index is -0.978. The zero-order chi connectivity index (χ0) is 41.5. The van der Waals surface area contributed by atoms with E-state index in [-0.39, 0.29) is 65.9 Å². The number of hydrogen-bond acceptors (Lipinski definition) is 10. The van der Waals surface area contributed by atoms with Gasteiger partial charge < -0.3 is 33.5 Å². The first-order valence-electron chi connectivity index (χ1n) is 24.1. The molecule has 14 atom stereocenters. The number of carbonyl (C=O) groups is 2. The van der Waals surface area contributed by atoms with E-state index >= 15 is 0 Å². The summed E-state index contributed by atoms with van der Waals surface area (Å²) < 4.78 is 39.5. The summed E-state index contributed by atoms with van der Waals surface area (Å²) >= 11 is 0. The molecule has 6 rings (SSSR count). The third-order valence-corrected chi connectivity index (χ3v) is 16.7. The van der Waals surface area contributed by atoms with E-state index in [0.29, 0.717) is 38.8 Å². The van der Waals surface area contributed by atoms with E-state index in [2.05, 4.69) is 25.7 Å². The van der Waals surface area contributed by atoms with Gasteiger partial charge in [0.2, 0.25) is 0 Å². The predicted molar refractivity (Wildman–Crippen MR) is 225 cm³/mol. The summed E-state index contributed by atoms with van der Waals surface area (Å²) in [5.41, 5.74) is -2.02. The van der Waals surface area contributed by atoms with Crippen molar-refractivity contribution in [1.29, 1.82) is 0 Å². The highest BCUT2D eigenvalue weighted by Crippen LogP contribution is 2.80. The van der Waals surface area contributed by atoms with Crippen molar-refractivity contribution in [1.82, 2.24) is 4.90 Å². The van der Waals surface area contributed by atoms with Crippen molar-refractivity contribution < 1.29 is 43.1 Å². The highest BCUT2D eigenvalue weighted by molar-refractivity contribution is 5.71.